The number of benzene rings is 1. The fraction of sp³-hybridized carbons (Fsp3) is 0.474. The second-order valence-corrected chi connectivity index (χ2v) is 6.90. The van der Waals surface area contributed by atoms with Gasteiger partial charge in [0.25, 0.3) is 5.91 Å². The summed E-state index contributed by atoms with van der Waals surface area (Å²) in [6, 6.07) is 9.92. The van der Waals surface area contributed by atoms with Crippen molar-refractivity contribution < 1.29 is 9.90 Å². The summed E-state index contributed by atoms with van der Waals surface area (Å²) in [7, 11) is 0. The van der Waals surface area contributed by atoms with Crippen LogP contribution in [0.5, 0.6) is 0 Å². The van der Waals surface area contributed by atoms with Crippen molar-refractivity contribution in [2.24, 2.45) is 0 Å². The summed E-state index contributed by atoms with van der Waals surface area (Å²) in [5, 5.41) is 17.9. The van der Waals surface area contributed by atoms with Crippen LogP contribution >= 0.6 is 0 Å². The molecule has 1 aromatic heterocycles. The molecule has 1 heterocycles. The van der Waals surface area contributed by atoms with Crippen LogP contribution in [0, 0.1) is 0 Å². The largest absolute Gasteiger partial charge is 0.380 e. The van der Waals surface area contributed by atoms with Crippen molar-refractivity contribution in [2.45, 2.75) is 57.6 Å². The number of hydrogen-bond donors (Lipinski definition) is 2. The fourth-order valence-electron chi connectivity index (χ4n) is 3.29. The van der Waals surface area contributed by atoms with Crippen LogP contribution in [0.1, 0.15) is 56.7 Å². The minimum Gasteiger partial charge on any atom is -0.380 e. The van der Waals surface area contributed by atoms with Crippen molar-refractivity contribution in [3.8, 4) is 5.69 Å². The zero-order valence-corrected chi connectivity index (χ0v) is 14.3. The molecule has 5 nitrogen and oxygen atoms in total. The van der Waals surface area contributed by atoms with E-state index < -0.39 is 5.60 Å². The molecule has 1 fully saturated rings. The first-order valence-corrected chi connectivity index (χ1v) is 8.64. The highest BCUT2D eigenvalue weighted by Crippen LogP contribution is 2.29. The van der Waals surface area contributed by atoms with Gasteiger partial charge in [0.05, 0.1) is 11.4 Å². The molecule has 1 aromatic carbocycles. The molecule has 0 bridgehead atoms. The monoisotopic (exact) mass is 327 g/mol. The van der Waals surface area contributed by atoms with Gasteiger partial charge in [0.15, 0.2) is 0 Å². The summed E-state index contributed by atoms with van der Waals surface area (Å²) < 4.78 is 1.85. The summed E-state index contributed by atoms with van der Waals surface area (Å²) in [6.45, 7) is 4.57. The molecule has 0 saturated heterocycles. The first-order valence-electron chi connectivity index (χ1n) is 8.64. The minimum absolute atomic E-state index is 0.261. The maximum atomic E-state index is 12.3. The Labute approximate surface area is 142 Å². The van der Waals surface area contributed by atoms with Crippen LogP contribution in [0.2, 0.25) is 0 Å². The SMILES string of the molecule is CC(C)c1nn(-c2ccccc2)cc1CNC(=O)C1(O)CCCC1. The molecule has 5 heteroatoms. The highest BCUT2D eigenvalue weighted by atomic mass is 16.3. The Bertz CT molecular complexity index is 701. The molecular weight excluding hydrogens is 302 g/mol. The van der Waals surface area contributed by atoms with Gasteiger partial charge < -0.3 is 10.4 Å². The van der Waals surface area contributed by atoms with Gasteiger partial charge in [-0.3, -0.25) is 4.79 Å². The van der Waals surface area contributed by atoms with Gasteiger partial charge in [-0.1, -0.05) is 32.0 Å². The molecule has 3 rings (SSSR count). The third-order valence-corrected chi connectivity index (χ3v) is 4.68. The van der Waals surface area contributed by atoms with Gasteiger partial charge in [-0.15, -0.1) is 0 Å². The smallest absolute Gasteiger partial charge is 0.252 e. The van der Waals surface area contributed by atoms with E-state index in [0.29, 0.717) is 19.4 Å². The van der Waals surface area contributed by atoms with E-state index >= 15 is 0 Å². The van der Waals surface area contributed by atoms with E-state index in [1.54, 1.807) is 0 Å². The Morgan fingerprint density at radius 3 is 2.58 bits per heavy atom. The average Bonchev–Trinajstić information content (AvgIpc) is 3.21. The van der Waals surface area contributed by atoms with Crippen molar-refractivity contribution in [1.82, 2.24) is 15.1 Å². The fourth-order valence-corrected chi connectivity index (χ4v) is 3.29. The molecule has 1 amide bonds. The molecule has 0 unspecified atom stereocenters. The van der Waals surface area contributed by atoms with Crippen molar-refractivity contribution in [1.29, 1.82) is 0 Å². The predicted molar refractivity (Wildman–Crippen MR) is 92.9 cm³/mol. The van der Waals surface area contributed by atoms with Crippen molar-refractivity contribution in [3.05, 3.63) is 47.8 Å². The molecule has 1 aliphatic rings. The number of nitrogens with one attached hydrogen (secondary N) is 1. The van der Waals surface area contributed by atoms with Gasteiger partial charge in [0, 0.05) is 18.3 Å². The standard InChI is InChI=1S/C19H25N3O2/c1-14(2)17-15(12-20-18(23)19(24)10-6-7-11-19)13-22(21-17)16-8-4-3-5-9-16/h3-5,8-9,13-14,24H,6-7,10-12H2,1-2H3,(H,20,23). The van der Waals surface area contributed by atoms with Gasteiger partial charge in [-0.25, -0.2) is 4.68 Å². The number of hydrogen-bond acceptors (Lipinski definition) is 3. The lowest BCUT2D eigenvalue weighted by Crippen LogP contribution is -2.44. The Morgan fingerprint density at radius 1 is 1.29 bits per heavy atom. The van der Waals surface area contributed by atoms with E-state index in [1.165, 1.54) is 0 Å². The van der Waals surface area contributed by atoms with Crippen LogP contribution in [-0.2, 0) is 11.3 Å². The molecule has 2 N–H and O–H groups in total. The number of amides is 1. The lowest BCUT2D eigenvalue weighted by molar-refractivity contribution is -0.139. The number of aromatic nitrogens is 2. The Balaban J connectivity index is 1.77. The molecule has 0 spiro atoms. The summed E-state index contributed by atoms with van der Waals surface area (Å²) in [5.41, 5.74) is 1.76. The molecule has 128 valence electrons. The third kappa shape index (κ3) is 3.36. The van der Waals surface area contributed by atoms with E-state index in [-0.39, 0.29) is 11.8 Å². The van der Waals surface area contributed by atoms with Gasteiger partial charge in [-0.2, -0.15) is 5.10 Å². The Hall–Kier alpha value is -2.14. The molecule has 0 atom stereocenters. The van der Waals surface area contributed by atoms with Crippen LogP contribution < -0.4 is 5.32 Å². The van der Waals surface area contributed by atoms with Crippen LogP contribution in [0.3, 0.4) is 0 Å². The Kier molecular flexibility index (Phi) is 4.71. The first-order chi connectivity index (χ1) is 11.5. The van der Waals surface area contributed by atoms with Crippen LogP contribution in [0.4, 0.5) is 0 Å². The van der Waals surface area contributed by atoms with Crippen molar-refractivity contribution >= 4 is 5.91 Å². The number of carbonyl (C=O) groups is 1. The lowest BCUT2D eigenvalue weighted by Gasteiger charge is -2.20. The molecule has 1 saturated carbocycles. The van der Waals surface area contributed by atoms with Crippen LogP contribution in [0.15, 0.2) is 36.5 Å². The second-order valence-electron chi connectivity index (χ2n) is 6.90. The molecular formula is C19H25N3O2. The third-order valence-electron chi connectivity index (χ3n) is 4.68. The lowest BCUT2D eigenvalue weighted by atomic mass is 10.0. The summed E-state index contributed by atoms with van der Waals surface area (Å²) >= 11 is 0. The molecule has 1 aliphatic carbocycles. The van der Waals surface area contributed by atoms with Crippen molar-refractivity contribution in [3.63, 3.8) is 0 Å². The van der Waals surface area contributed by atoms with Gasteiger partial charge in [-0.05, 0) is 43.7 Å². The second kappa shape index (κ2) is 6.77. The molecule has 2 aromatic rings. The van der Waals surface area contributed by atoms with E-state index in [4.69, 9.17) is 0 Å². The maximum absolute atomic E-state index is 12.3. The number of aliphatic hydroxyl groups is 1. The molecule has 0 aliphatic heterocycles. The normalized spacial score (nSPS) is 16.5. The maximum Gasteiger partial charge on any atom is 0.252 e. The number of nitrogens with zero attached hydrogens (tertiary/aromatic N) is 2. The van der Waals surface area contributed by atoms with Crippen molar-refractivity contribution in [2.75, 3.05) is 0 Å². The molecule has 0 radical (unpaired) electrons. The Morgan fingerprint density at radius 2 is 1.96 bits per heavy atom. The zero-order valence-electron chi connectivity index (χ0n) is 14.3. The highest BCUT2D eigenvalue weighted by molar-refractivity contribution is 5.85. The van der Waals surface area contributed by atoms with E-state index in [2.05, 4.69) is 24.3 Å². The zero-order chi connectivity index (χ0) is 17.2. The number of rotatable bonds is 5. The number of carbonyl (C=O) groups excluding carboxylic acids is 1. The summed E-state index contributed by atoms with van der Waals surface area (Å²) in [4.78, 5) is 12.3. The van der Waals surface area contributed by atoms with E-state index in [1.807, 2.05) is 41.2 Å². The van der Waals surface area contributed by atoms with E-state index in [0.717, 1.165) is 29.8 Å². The topological polar surface area (TPSA) is 67.2 Å². The minimum atomic E-state index is -1.19. The average molecular weight is 327 g/mol. The van der Waals surface area contributed by atoms with Crippen LogP contribution in [-0.4, -0.2) is 26.4 Å². The van der Waals surface area contributed by atoms with Gasteiger partial charge in [0.1, 0.15) is 5.60 Å². The van der Waals surface area contributed by atoms with Gasteiger partial charge in [0.2, 0.25) is 0 Å². The number of para-hydroxylation sites is 1. The highest BCUT2D eigenvalue weighted by Gasteiger charge is 2.38. The van der Waals surface area contributed by atoms with Crippen LogP contribution in [0.25, 0.3) is 5.69 Å². The van der Waals surface area contributed by atoms with Gasteiger partial charge >= 0.3 is 0 Å². The predicted octanol–water partition coefficient (Wildman–Crippen LogP) is 2.92. The first kappa shape index (κ1) is 16.7. The molecule has 24 heavy (non-hydrogen) atoms. The quantitative estimate of drug-likeness (QED) is 0.887. The van der Waals surface area contributed by atoms with E-state index in [9.17, 15) is 9.90 Å². The summed E-state index contributed by atoms with van der Waals surface area (Å²) in [6.07, 6.45) is 4.89. The summed E-state index contributed by atoms with van der Waals surface area (Å²) in [5.74, 6) is -0.00130.